The topological polar surface area (TPSA) is 53.0 Å². The smallest absolute Gasteiger partial charge is 0.212 e. The number of halogens is 1. The van der Waals surface area contributed by atoms with Crippen LogP contribution in [-0.4, -0.2) is 13.7 Å². The van der Waals surface area contributed by atoms with E-state index in [-0.39, 0.29) is 5.75 Å². The predicted octanol–water partition coefficient (Wildman–Crippen LogP) is 0.600. The molecule has 11 heavy (non-hydrogen) atoms. The fourth-order valence-corrected chi connectivity index (χ4v) is 1.07. The molecule has 1 aromatic rings. The van der Waals surface area contributed by atoms with Crippen LogP contribution >= 0.6 is 0 Å². The fourth-order valence-electron chi connectivity index (χ4n) is 0.628. The summed E-state index contributed by atoms with van der Waals surface area (Å²) in [5.41, 5.74) is 0.486. The van der Waals surface area contributed by atoms with E-state index in [0.29, 0.717) is 5.56 Å². The van der Waals surface area contributed by atoms with E-state index in [1.807, 2.05) is 0 Å². The van der Waals surface area contributed by atoms with Gasteiger partial charge in [-0.15, -0.1) is 0 Å². The molecule has 1 rings (SSSR count). The van der Waals surface area contributed by atoms with Crippen LogP contribution in [0.15, 0.2) is 18.3 Å². The van der Waals surface area contributed by atoms with E-state index in [4.69, 9.17) is 0 Å². The number of hydrogen-bond acceptors (Lipinski definition) is 3. The van der Waals surface area contributed by atoms with Gasteiger partial charge in [-0.2, -0.15) is 4.39 Å². The summed E-state index contributed by atoms with van der Waals surface area (Å²) in [5.74, 6) is -0.724. The Morgan fingerprint density at radius 3 is 2.82 bits per heavy atom. The molecule has 0 fully saturated rings. The molecule has 0 amide bonds. The molecule has 3 nitrogen and oxygen atoms in total. The summed E-state index contributed by atoms with van der Waals surface area (Å²) in [4.78, 5) is 3.29. The van der Waals surface area contributed by atoms with Crippen LogP contribution in [0.1, 0.15) is 5.56 Å². The minimum absolute atomic E-state index is 0.118. The summed E-state index contributed by atoms with van der Waals surface area (Å²) in [5, 5.41) is 0. The minimum Gasteiger partial charge on any atom is -0.772 e. The highest BCUT2D eigenvalue weighted by molar-refractivity contribution is 7.78. The van der Waals surface area contributed by atoms with E-state index < -0.39 is 17.0 Å². The first-order valence-electron chi connectivity index (χ1n) is 2.85. The second-order valence-corrected chi connectivity index (χ2v) is 2.83. The monoisotopic (exact) mass is 174 g/mol. The van der Waals surface area contributed by atoms with Crippen LogP contribution in [0.5, 0.6) is 0 Å². The molecule has 1 aromatic heterocycles. The maximum Gasteiger partial charge on any atom is 0.212 e. The Morgan fingerprint density at radius 1 is 1.64 bits per heavy atom. The molecule has 60 valence electrons. The van der Waals surface area contributed by atoms with Crippen molar-refractivity contribution in [2.45, 2.75) is 5.75 Å². The van der Waals surface area contributed by atoms with Gasteiger partial charge in [-0.3, -0.25) is 4.21 Å². The van der Waals surface area contributed by atoms with Crippen LogP contribution < -0.4 is 0 Å². The lowest BCUT2D eigenvalue weighted by atomic mass is 10.3. The van der Waals surface area contributed by atoms with Crippen molar-refractivity contribution in [3.05, 3.63) is 29.8 Å². The third kappa shape index (κ3) is 2.73. The fraction of sp³-hybridized carbons (Fsp3) is 0.167. The van der Waals surface area contributed by atoms with Crippen LogP contribution in [0.2, 0.25) is 0 Å². The number of hydrogen-bond donors (Lipinski definition) is 0. The Labute approximate surface area is 65.6 Å². The number of rotatable bonds is 2. The van der Waals surface area contributed by atoms with Crippen LogP contribution in [0, 0.1) is 5.95 Å². The van der Waals surface area contributed by atoms with Crippen LogP contribution in [-0.2, 0) is 16.8 Å². The molecule has 0 aliphatic carbocycles. The summed E-state index contributed by atoms with van der Waals surface area (Å²) >= 11 is -2.14. The van der Waals surface area contributed by atoms with Crippen molar-refractivity contribution in [1.82, 2.24) is 4.98 Å². The molecule has 1 atom stereocenters. The average molecular weight is 174 g/mol. The average Bonchev–Trinajstić information content (AvgIpc) is 1.93. The van der Waals surface area contributed by atoms with E-state index in [0.717, 1.165) is 6.07 Å². The molecular formula is C6H5FNO2S-. The lowest BCUT2D eigenvalue weighted by molar-refractivity contribution is 0.535. The maximum absolute atomic E-state index is 12.2. The van der Waals surface area contributed by atoms with Crippen LogP contribution in [0.3, 0.4) is 0 Å². The Morgan fingerprint density at radius 2 is 2.36 bits per heavy atom. The van der Waals surface area contributed by atoms with Gasteiger partial charge in [0.25, 0.3) is 0 Å². The molecule has 0 aliphatic rings. The third-order valence-electron chi connectivity index (χ3n) is 1.07. The molecule has 0 aromatic carbocycles. The molecule has 0 aliphatic heterocycles. The molecule has 0 bridgehead atoms. The van der Waals surface area contributed by atoms with Crippen LogP contribution in [0.25, 0.3) is 0 Å². The summed E-state index contributed by atoms with van der Waals surface area (Å²) in [6, 6.07) is 2.51. The predicted molar refractivity (Wildman–Crippen MR) is 36.8 cm³/mol. The molecule has 0 spiro atoms. The molecule has 5 heteroatoms. The Hall–Kier alpha value is -0.810. The van der Waals surface area contributed by atoms with Crippen molar-refractivity contribution in [2.75, 3.05) is 0 Å². The molecule has 0 radical (unpaired) electrons. The molecule has 1 heterocycles. The number of aromatic nitrogens is 1. The van der Waals surface area contributed by atoms with Gasteiger partial charge >= 0.3 is 0 Å². The molecular weight excluding hydrogens is 169 g/mol. The standard InChI is InChI=1S/C6H6FNO2S/c7-6-2-1-5(3-8-6)4-11(9)10/h1-3H,4H2,(H,9,10)/p-1. The molecule has 0 saturated heterocycles. The highest BCUT2D eigenvalue weighted by Crippen LogP contribution is 2.00. The van der Waals surface area contributed by atoms with Gasteiger partial charge in [-0.25, -0.2) is 4.98 Å². The summed E-state index contributed by atoms with van der Waals surface area (Å²) in [6.07, 6.45) is 1.20. The van der Waals surface area contributed by atoms with Gasteiger partial charge in [0.05, 0.1) is 0 Å². The van der Waals surface area contributed by atoms with E-state index in [1.54, 1.807) is 0 Å². The van der Waals surface area contributed by atoms with Gasteiger partial charge in [0.2, 0.25) is 5.95 Å². The Balaban J connectivity index is 2.74. The van der Waals surface area contributed by atoms with Gasteiger partial charge in [0.1, 0.15) is 0 Å². The zero-order valence-corrected chi connectivity index (χ0v) is 6.31. The Kier molecular flexibility index (Phi) is 2.67. The van der Waals surface area contributed by atoms with E-state index in [1.165, 1.54) is 12.3 Å². The van der Waals surface area contributed by atoms with Crippen molar-refractivity contribution in [2.24, 2.45) is 0 Å². The van der Waals surface area contributed by atoms with Crippen molar-refractivity contribution < 1.29 is 13.2 Å². The molecule has 1 unspecified atom stereocenters. The highest BCUT2D eigenvalue weighted by atomic mass is 32.2. The zero-order valence-electron chi connectivity index (χ0n) is 5.49. The van der Waals surface area contributed by atoms with Gasteiger partial charge in [0, 0.05) is 11.9 Å². The van der Waals surface area contributed by atoms with Gasteiger partial charge in [0.15, 0.2) is 0 Å². The summed E-state index contributed by atoms with van der Waals surface area (Å²) in [7, 11) is 0. The second-order valence-electron chi connectivity index (χ2n) is 1.94. The van der Waals surface area contributed by atoms with Gasteiger partial charge in [-0.05, 0) is 11.6 Å². The summed E-state index contributed by atoms with van der Waals surface area (Å²) in [6.45, 7) is 0. The lowest BCUT2D eigenvalue weighted by Crippen LogP contribution is -1.94. The largest absolute Gasteiger partial charge is 0.772 e. The van der Waals surface area contributed by atoms with Crippen molar-refractivity contribution in [3.63, 3.8) is 0 Å². The normalized spacial score (nSPS) is 12.9. The van der Waals surface area contributed by atoms with Crippen molar-refractivity contribution in [3.8, 4) is 0 Å². The van der Waals surface area contributed by atoms with E-state index in [2.05, 4.69) is 4.98 Å². The third-order valence-corrected chi connectivity index (χ3v) is 1.64. The quantitative estimate of drug-likeness (QED) is 0.487. The first kappa shape index (κ1) is 8.29. The molecule has 0 saturated carbocycles. The van der Waals surface area contributed by atoms with E-state index in [9.17, 15) is 13.2 Å². The maximum atomic E-state index is 12.2. The lowest BCUT2D eigenvalue weighted by Gasteiger charge is -2.02. The first-order chi connectivity index (χ1) is 5.18. The Bertz CT molecular complexity index is 262. The SMILES string of the molecule is O=S([O-])Cc1ccc(F)nc1. The van der Waals surface area contributed by atoms with E-state index >= 15 is 0 Å². The first-order valence-corrected chi connectivity index (χ1v) is 4.09. The number of nitrogens with zero attached hydrogens (tertiary/aromatic N) is 1. The van der Waals surface area contributed by atoms with Crippen LogP contribution in [0.4, 0.5) is 4.39 Å². The molecule has 0 N–H and O–H groups in total. The van der Waals surface area contributed by atoms with Crippen molar-refractivity contribution in [1.29, 1.82) is 0 Å². The number of pyridine rings is 1. The second kappa shape index (κ2) is 3.54. The van der Waals surface area contributed by atoms with Gasteiger partial charge in [-0.1, -0.05) is 17.1 Å². The minimum atomic E-state index is -2.14. The zero-order chi connectivity index (χ0) is 8.27. The van der Waals surface area contributed by atoms with Crippen molar-refractivity contribution >= 4 is 11.1 Å². The summed E-state index contributed by atoms with van der Waals surface area (Å²) < 4.78 is 32.4. The highest BCUT2D eigenvalue weighted by Gasteiger charge is 1.93. The van der Waals surface area contributed by atoms with Gasteiger partial charge < -0.3 is 4.55 Å².